The van der Waals surface area contributed by atoms with Crippen molar-refractivity contribution in [3.8, 4) is 0 Å². The molecule has 124 valence electrons. The largest absolute Gasteiger partial charge is 0.375 e. The second-order valence-corrected chi connectivity index (χ2v) is 5.63. The maximum absolute atomic E-state index is 12.3. The van der Waals surface area contributed by atoms with Crippen molar-refractivity contribution in [2.75, 3.05) is 25.0 Å². The van der Waals surface area contributed by atoms with Crippen molar-refractivity contribution >= 4 is 17.5 Å². The first-order valence-electron chi connectivity index (χ1n) is 8.04. The van der Waals surface area contributed by atoms with Gasteiger partial charge >= 0.3 is 0 Å². The van der Waals surface area contributed by atoms with Gasteiger partial charge in [0, 0.05) is 25.2 Å². The van der Waals surface area contributed by atoms with Crippen LogP contribution in [-0.2, 0) is 20.7 Å². The van der Waals surface area contributed by atoms with Crippen LogP contribution in [0.5, 0.6) is 0 Å². The number of hydrogen-bond donors (Lipinski definition) is 1. The fourth-order valence-electron chi connectivity index (χ4n) is 2.55. The normalized spacial score (nSPS) is 17.6. The van der Waals surface area contributed by atoms with Crippen LogP contribution in [-0.4, -0.2) is 42.5 Å². The van der Waals surface area contributed by atoms with Crippen LogP contribution in [0, 0.1) is 0 Å². The highest BCUT2D eigenvalue weighted by Gasteiger charge is 2.22. The van der Waals surface area contributed by atoms with Gasteiger partial charge in [-0.15, -0.1) is 0 Å². The molecule has 1 aromatic rings. The maximum Gasteiger partial charge on any atom is 0.247 e. The van der Waals surface area contributed by atoms with E-state index in [1.165, 1.54) is 6.08 Å². The number of ether oxygens (including phenoxy) is 1. The average Bonchev–Trinajstić information content (AvgIpc) is 2.60. The quantitative estimate of drug-likeness (QED) is 0.820. The zero-order chi connectivity index (χ0) is 16.7. The first kappa shape index (κ1) is 17.2. The van der Waals surface area contributed by atoms with Gasteiger partial charge in [-0.05, 0) is 36.6 Å². The van der Waals surface area contributed by atoms with Crippen molar-refractivity contribution in [3.05, 3.63) is 42.5 Å². The summed E-state index contributed by atoms with van der Waals surface area (Å²) in [6.07, 6.45) is 3.53. The second-order valence-electron chi connectivity index (χ2n) is 5.63. The van der Waals surface area contributed by atoms with E-state index in [9.17, 15) is 9.59 Å². The van der Waals surface area contributed by atoms with Crippen LogP contribution in [0.2, 0.25) is 0 Å². The molecule has 5 nitrogen and oxygen atoms in total. The lowest BCUT2D eigenvalue weighted by molar-refractivity contribution is -0.138. The van der Waals surface area contributed by atoms with Crippen LogP contribution in [0.25, 0.3) is 0 Å². The van der Waals surface area contributed by atoms with Crippen molar-refractivity contribution in [1.29, 1.82) is 0 Å². The molecule has 1 saturated heterocycles. The number of carbonyl (C=O) groups is 2. The van der Waals surface area contributed by atoms with Crippen LogP contribution < -0.4 is 5.32 Å². The molecule has 1 unspecified atom stereocenters. The molecule has 0 bridgehead atoms. The van der Waals surface area contributed by atoms with Crippen LogP contribution in [0.3, 0.4) is 0 Å². The Bertz CT molecular complexity index is 554. The molecule has 23 heavy (non-hydrogen) atoms. The minimum Gasteiger partial charge on any atom is -0.375 e. The van der Waals surface area contributed by atoms with Crippen LogP contribution in [0.1, 0.15) is 25.3 Å². The minimum absolute atomic E-state index is 0.167. The predicted molar refractivity (Wildman–Crippen MR) is 90.2 cm³/mol. The lowest BCUT2D eigenvalue weighted by Crippen LogP contribution is -2.45. The molecule has 1 heterocycles. The average molecular weight is 316 g/mol. The van der Waals surface area contributed by atoms with E-state index in [2.05, 4.69) is 18.8 Å². The molecule has 1 atom stereocenters. The molecule has 0 aromatic heterocycles. The number of nitrogens with zero attached hydrogens (tertiary/aromatic N) is 1. The van der Waals surface area contributed by atoms with Crippen LogP contribution >= 0.6 is 0 Å². The molecule has 1 aliphatic heterocycles. The Balaban J connectivity index is 1.82. The summed E-state index contributed by atoms with van der Waals surface area (Å²) in [5, 5.41) is 2.70. The van der Waals surface area contributed by atoms with E-state index in [-0.39, 0.29) is 17.9 Å². The van der Waals surface area contributed by atoms with Crippen LogP contribution in [0.4, 0.5) is 5.69 Å². The highest BCUT2D eigenvalue weighted by molar-refractivity contribution is 5.98. The summed E-state index contributed by atoms with van der Waals surface area (Å²) in [4.78, 5) is 25.4. The molecule has 0 radical (unpaired) electrons. The fourth-order valence-corrected chi connectivity index (χ4v) is 2.55. The number of benzene rings is 1. The molecular formula is C18H24N2O3. The Hall–Kier alpha value is -2.14. The molecule has 0 spiro atoms. The van der Waals surface area contributed by atoms with E-state index >= 15 is 0 Å². The number of hydrogen-bond acceptors (Lipinski definition) is 3. The zero-order valence-corrected chi connectivity index (χ0v) is 13.6. The summed E-state index contributed by atoms with van der Waals surface area (Å²) in [6, 6.07) is 7.53. The van der Waals surface area contributed by atoms with Gasteiger partial charge in [0.05, 0.1) is 12.7 Å². The Morgan fingerprint density at radius 3 is 2.78 bits per heavy atom. The summed E-state index contributed by atoms with van der Waals surface area (Å²) in [7, 11) is 0. The molecule has 1 fully saturated rings. The smallest absolute Gasteiger partial charge is 0.247 e. The van der Waals surface area contributed by atoms with E-state index < -0.39 is 0 Å². The van der Waals surface area contributed by atoms with Crippen molar-refractivity contribution in [3.63, 3.8) is 0 Å². The summed E-state index contributed by atoms with van der Waals surface area (Å²) in [5.74, 6) is -0.0542. The first-order valence-corrected chi connectivity index (χ1v) is 8.04. The molecule has 1 N–H and O–H groups in total. The van der Waals surface area contributed by atoms with Gasteiger partial charge in [0.1, 0.15) is 0 Å². The van der Waals surface area contributed by atoms with Crippen molar-refractivity contribution in [2.45, 2.75) is 32.3 Å². The van der Waals surface area contributed by atoms with Gasteiger partial charge in [0.15, 0.2) is 0 Å². The number of carbonyl (C=O) groups excluding carboxylic acids is 2. The first-order chi connectivity index (χ1) is 11.1. The maximum atomic E-state index is 12.3. The number of amides is 2. The Labute approximate surface area is 137 Å². The summed E-state index contributed by atoms with van der Waals surface area (Å²) in [6.45, 7) is 7.50. The molecular weight excluding hydrogens is 292 g/mol. The van der Waals surface area contributed by atoms with Crippen LogP contribution in [0.15, 0.2) is 36.9 Å². The summed E-state index contributed by atoms with van der Waals surface area (Å²) in [5.41, 5.74) is 1.80. The van der Waals surface area contributed by atoms with E-state index in [1.807, 2.05) is 29.2 Å². The van der Waals surface area contributed by atoms with Gasteiger partial charge in [-0.1, -0.05) is 25.6 Å². The fraction of sp³-hybridized carbons (Fsp3) is 0.444. The van der Waals surface area contributed by atoms with E-state index in [0.29, 0.717) is 32.5 Å². The number of aryl methyl sites for hydroxylation is 1. The minimum atomic E-state index is -0.231. The molecule has 0 aliphatic carbocycles. The van der Waals surface area contributed by atoms with Gasteiger partial charge in [-0.3, -0.25) is 9.59 Å². The summed E-state index contributed by atoms with van der Waals surface area (Å²) >= 11 is 0. The van der Waals surface area contributed by atoms with Gasteiger partial charge in [0.2, 0.25) is 11.8 Å². The lowest BCUT2D eigenvalue weighted by Gasteiger charge is -2.32. The number of anilines is 1. The SMILES string of the molecule is C=CC(=O)Nc1ccc(CCC(=O)N2CCOC(CC)C2)cc1. The number of morpholine rings is 1. The van der Waals surface area contributed by atoms with E-state index in [4.69, 9.17) is 4.74 Å². The molecule has 0 saturated carbocycles. The third-order valence-electron chi connectivity index (χ3n) is 3.98. The molecule has 5 heteroatoms. The highest BCUT2D eigenvalue weighted by Crippen LogP contribution is 2.14. The predicted octanol–water partition coefficient (Wildman–Crippen LogP) is 2.38. The molecule has 1 aliphatic rings. The molecule has 1 aromatic carbocycles. The molecule has 2 amide bonds. The van der Waals surface area contributed by atoms with Gasteiger partial charge in [0.25, 0.3) is 0 Å². The lowest BCUT2D eigenvalue weighted by atomic mass is 10.1. The van der Waals surface area contributed by atoms with Gasteiger partial charge < -0.3 is 15.0 Å². The summed E-state index contributed by atoms with van der Waals surface area (Å²) < 4.78 is 5.59. The Kier molecular flexibility index (Phi) is 6.35. The number of nitrogens with one attached hydrogen (secondary N) is 1. The Morgan fingerprint density at radius 1 is 1.39 bits per heavy atom. The monoisotopic (exact) mass is 316 g/mol. The van der Waals surface area contributed by atoms with Gasteiger partial charge in [-0.2, -0.15) is 0 Å². The second kappa shape index (κ2) is 8.48. The third kappa shape index (κ3) is 5.21. The Morgan fingerprint density at radius 2 is 2.13 bits per heavy atom. The zero-order valence-electron chi connectivity index (χ0n) is 13.6. The number of rotatable bonds is 6. The van der Waals surface area contributed by atoms with E-state index in [1.54, 1.807) is 0 Å². The topological polar surface area (TPSA) is 58.6 Å². The van der Waals surface area contributed by atoms with E-state index in [0.717, 1.165) is 17.7 Å². The van der Waals surface area contributed by atoms with Crippen molar-refractivity contribution in [2.24, 2.45) is 0 Å². The third-order valence-corrected chi connectivity index (χ3v) is 3.98. The standard InChI is InChI=1S/C18H24N2O3/c1-3-16-13-20(11-12-23-16)18(22)10-7-14-5-8-15(9-6-14)19-17(21)4-2/h4-6,8-9,16H,2-3,7,10-13H2,1H3,(H,19,21). The van der Waals surface area contributed by atoms with Gasteiger partial charge in [-0.25, -0.2) is 0 Å². The molecule has 2 rings (SSSR count). The van der Waals surface area contributed by atoms with Crippen molar-refractivity contribution in [1.82, 2.24) is 4.90 Å². The highest BCUT2D eigenvalue weighted by atomic mass is 16.5. The van der Waals surface area contributed by atoms with Crippen molar-refractivity contribution < 1.29 is 14.3 Å².